The van der Waals surface area contributed by atoms with Crippen molar-refractivity contribution >= 4 is 41.7 Å². The van der Waals surface area contributed by atoms with Crippen molar-refractivity contribution in [2.45, 2.75) is 6.54 Å². The highest BCUT2D eigenvalue weighted by Crippen LogP contribution is 2.22. The number of thioether (sulfide) groups is 1. The fraction of sp³-hybridized carbons (Fsp3) is 0.462. The number of phenolic OH excluding ortho intramolecular Hbond substituents is 1. The Hall–Kier alpha value is -0.830. The van der Waals surface area contributed by atoms with Crippen molar-refractivity contribution in [2.24, 2.45) is 4.99 Å². The van der Waals surface area contributed by atoms with Crippen molar-refractivity contribution in [2.75, 3.05) is 32.7 Å². The zero-order valence-electron chi connectivity index (χ0n) is 12.0. The van der Waals surface area contributed by atoms with Gasteiger partial charge in [-0.05, 0) is 24.5 Å². The molecule has 5 nitrogen and oxygen atoms in total. The molecular weight excluding hydrogens is 389 g/mol. The van der Waals surface area contributed by atoms with Crippen molar-refractivity contribution in [3.63, 3.8) is 0 Å². The van der Waals surface area contributed by atoms with Crippen molar-refractivity contribution in [3.8, 4) is 11.5 Å². The second kappa shape index (κ2) is 10.9. The van der Waals surface area contributed by atoms with Gasteiger partial charge in [-0.25, -0.2) is 0 Å². The highest BCUT2D eigenvalue weighted by molar-refractivity contribution is 14.0. The largest absolute Gasteiger partial charge is 0.508 e. The van der Waals surface area contributed by atoms with Gasteiger partial charge in [0.05, 0.1) is 7.11 Å². The molecule has 114 valence electrons. The van der Waals surface area contributed by atoms with Crippen molar-refractivity contribution in [1.29, 1.82) is 0 Å². The molecule has 1 aromatic rings. The van der Waals surface area contributed by atoms with Crippen molar-refractivity contribution in [3.05, 3.63) is 23.8 Å². The first-order valence-electron chi connectivity index (χ1n) is 6.00. The molecular formula is C13H22IN3O2S. The van der Waals surface area contributed by atoms with E-state index in [1.807, 2.05) is 0 Å². The van der Waals surface area contributed by atoms with Crippen LogP contribution in [0.5, 0.6) is 11.5 Å². The Labute approximate surface area is 141 Å². The Morgan fingerprint density at radius 1 is 1.40 bits per heavy atom. The summed E-state index contributed by atoms with van der Waals surface area (Å²) in [5.41, 5.74) is 0.771. The number of rotatable bonds is 6. The third kappa shape index (κ3) is 6.56. The molecule has 0 heterocycles. The minimum atomic E-state index is 0. The van der Waals surface area contributed by atoms with E-state index in [1.165, 1.54) is 0 Å². The van der Waals surface area contributed by atoms with Crippen LogP contribution in [0.25, 0.3) is 0 Å². The van der Waals surface area contributed by atoms with Gasteiger partial charge in [-0.15, -0.1) is 24.0 Å². The first-order chi connectivity index (χ1) is 9.21. The summed E-state index contributed by atoms with van der Waals surface area (Å²) in [5.74, 6) is 2.70. The van der Waals surface area contributed by atoms with Gasteiger partial charge in [-0.2, -0.15) is 11.8 Å². The highest BCUT2D eigenvalue weighted by atomic mass is 127. The molecule has 0 spiro atoms. The molecule has 0 saturated heterocycles. The van der Waals surface area contributed by atoms with Gasteiger partial charge in [0.1, 0.15) is 11.5 Å². The Morgan fingerprint density at radius 3 is 2.75 bits per heavy atom. The molecule has 0 saturated carbocycles. The zero-order valence-corrected chi connectivity index (χ0v) is 15.1. The van der Waals surface area contributed by atoms with Crippen LogP contribution in [0.3, 0.4) is 0 Å². The SMILES string of the molecule is CN=C(NCCSC)NCc1cc(OC)ccc1O.I. The van der Waals surface area contributed by atoms with Crippen LogP contribution in [-0.2, 0) is 6.54 Å². The number of methoxy groups -OCH3 is 1. The second-order valence-electron chi connectivity index (χ2n) is 3.84. The summed E-state index contributed by atoms with van der Waals surface area (Å²) in [4.78, 5) is 4.12. The molecule has 0 aliphatic heterocycles. The van der Waals surface area contributed by atoms with Crippen LogP contribution >= 0.6 is 35.7 Å². The maximum absolute atomic E-state index is 9.77. The van der Waals surface area contributed by atoms with Crippen LogP contribution in [0.1, 0.15) is 5.56 Å². The van der Waals surface area contributed by atoms with Crippen LogP contribution in [0.4, 0.5) is 0 Å². The van der Waals surface area contributed by atoms with Gasteiger partial charge >= 0.3 is 0 Å². The van der Waals surface area contributed by atoms with Crippen LogP contribution in [0.2, 0.25) is 0 Å². The quantitative estimate of drug-likeness (QED) is 0.290. The van der Waals surface area contributed by atoms with Crippen LogP contribution in [0, 0.1) is 0 Å². The van der Waals surface area contributed by atoms with Gasteiger partial charge in [0.25, 0.3) is 0 Å². The molecule has 3 N–H and O–H groups in total. The van der Waals surface area contributed by atoms with Crippen molar-refractivity contribution < 1.29 is 9.84 Å². The number of hydrogen-bond acceptors (Lipinski definition) is 4. The van der Waals surface area contributed by atoms with E-state index in [9.17, 15) is 5.11 Å². The topological polar surface area (TPSA) is 65.9 Å². The summed E-state index contributed by atoms with van der Waals surface area (Å²) in [7, 11) is 3.33. The summed E-state index contributed by atoms with van der Waals surface area (Å²) < 4.78 is 5.13. The van der Waals surface area contributed by atoms with E-state index in [-0.39, 0.29) is 29.7 Å². The molecule has 0 radical (unpaired) electrons. The summed E-state index contributed by atoms with van der Waals surface area (Å²) >= 11 is 1.77. The van der Waals surface area contributed by atoms with Crippen LogP contribution < -0.4 is 15.4 Å². The van der Waals surface area contributed by atoms with E-state index in [0.29, 0.717) is 6.54 Å². The fourth-order valence-electron chi connectivity index (χ4n) is 1.50. The number of nitrogens with zero attached hydrogens (tertiary/aromatic N) is 1. The Bertz CT molecular complexity index is 430. The van der Waals surface area contributed by atoms with E-state index >= 15 is 0 Å². The van der Waals surface area contributed by atoms with E-state index in [4.69, 9.17) is 4.74 Å². The van der Waals surface area contributed by atoms with E-state index in [1.54, 1.807) is 44.1 Å². The summed E-state index contributed by atoms with van der Waals surface area (Å²) in [6, 6.07) is 5.15. The van der Waals surface area contributed by atoms with E-state index in [0.717, 1.165) is 29.6 Å². The van der Waals surface area contributed by atoms with Gasteiger partial charge in [0, 0.05) is 31.5 Å². The normalized spacial score (nSPS) is 10.7. The average Bonchev–Trinajstić information content (AvgIpc) is 2.44. The number of aliphatic imine (C=N–C) groups is 1. The zero-order chi connectivity index (χ0) is 14.1. The fourth-order valence-corrected chi connectivity index (χ4v) is 1.81. The van der Waals surface area contributed by atoms with E-state index < -0.39 is 0 Å². The molecule has 0 aromatic heterocycles. The third-order valence-corrected chi connectivity index (χ3v) is 3.17. The summed E-state index contributed by atoms with van der Waals surface area (Å²) in [6.45, 7) is 1.34. The monoisotopic (exact) mass is 411 g/mol. The molecule has 0 fully saturated rings. The number of benzene rings is 1. The maximum atomic E-state index is 9.77. The molecule has 0 aliphatic rings. The van der Waals surface area contributed by atoms with Gasteiger partial charge < -0.3 is 20.5 Å². The minimum Gasteiger partial charge on any atom is -0.508 e. The smallest absolute Gasteiger partial charge is 0.191 e. The number of hydrogen-bond donors (Lipinski definition) is 3. The summed E-state index contributed by atoms with van der Waals surface area (Å²) in [5, 5.41) is 16.1. The molecule has 0 aliphatic carbocycles. The standard InChI is InChI=1S/C13H21N3O2S.HI/c1-14-13(15-6-7-19-3)16-9-10-8-11(18-2)4-5-12(10)17;/h4-5,8,17H,6-7,9H2,1-3H3,(H2,14,15,16);1H. The second-order valence-corrected chi connectivity index (χ2v) is 4.83. The maximum Gasteiger partial charge on any atom is 0.191 e. The lowest BCUT2D eigenvalue weighted by Gasteiger charge is -2.12. The lowest BCUT2D eigenvalue weighted by Crippen LogP contribution is -2.37. The lowest BCUT2D eigenvalue weighted by molar-refractivity contribution is 0.410. The van der Waals surface area contributed by atoms with Crippen LogP contribution in [0.15, 0.2) is 23.2 Å². The molecule has 0 amide bonds. The predicted octanol–water partition coefficient (Wildman–Crippen LogP) is 2.05. The Balaban J connectivity index is 0.00000361. The van der Waals surface area contributed by atoms with Gasteiger partial charge in [0.15, 0.2) is 5.96 Å². The molecule has 0 unspecified atom stereocenters. The number of guanidine groups is 1. The molecule has 0 bridgehead atoms. The van der Waals surface area contributed by atoms with Gasteiger partial charge in [-0.1, -0.05) is 0 Å². The highest BCUT2D eigenvalue weighted by Gasteiger charge is 2.04. The predicted molar refractivity (Wildman–Crippen MR) is 96.7 cm³/mol. The number of halogens is 1. The van der Waals surface area contributed by atoms with Gasteiger partial charge in [0.2, 0.25) is 0 Å². The first-order valence-corrected chi connectivity index (χ1v) is 7.40. The lowest BCUT2D eigenvalue weighted by atomic mass is 10.2. The first kappa shape index (κ1) is 19.2. The van der Waals surface area contributed by atoms with Crippen LogP contribution in [-0.4, -0.2) is 43.8 Å². The van der Waals surface area contributed by atoms with E-state index in [2.05, 4.69) is 21.9 Å². The number of nitrogens with one attached hydrogen (secondary N) is 2. The van der Waals surface area contributed by atoms with Gasteiger partial charge in [-0.3, -0.25) is 4.99 Å². The molecule has 7 heteroatoms. The average molecular weight is 411 g/mol. The molecule has 0 atom stereocenters. The molecule has 20 heavy (non-hydrogen) atoms. The minimum absolute atomic E-state index is 0. The third-order valence-electron chi connectivity index (χ3n) is 2.56. The number of aromatic hydroxyl groups is 1. The molecule has 1 rings (SSSR count). The molecule has 1 aromatic carbocycles. The van der Waals surface area contributed by atoms with Crippen molar-refractivity contribution in [1.82, 2.24) is 10.6 Å². The number of phenols is 1. The Kier molecular flexibility index (Phi) is 10.4. The summed E-state index contributed by atoms with van der Waals surface area (Å²) in [6.07, 6.45) is 2.06. The number of ether oxygens (including phenoxy) is 1. The Morgan fingerprint density at radius 2 is 2.15 bits per heavy atom.